The van der Waals surface area contributed by atoms with Crippen molar-refractivity contribution in [1.29, 1.82) is 0 Å². The summed E-state index contributed by atoms with van der Waals surface area (Å²) in [4.78, 5) is 25.5. The molecule has 0 radical (unpaired) electrons. The zero-order valence-corrected chi connectivity index (χ0v) is 7.10. The monoisotopic (exact) mass is 190 g/mol. The van der Waals surface area contributed by atoms with E-state index in [1.54, 1.807) is 0 Å². The second-order valence-corrected chi connectivity index (χ2v) is 2.41. The van der Waals surface area contributed by atoms with Crippen molar-refractivity contribution in [2.75, 3.05) is 0 Å². The predicted molar refractivity (Wildman–Crippen MR) is 47.3 cm³/mol. The third-order valence-corrected chi connectivity index (χ3v) is 1.55. The summed E-state index contributed by atoms with van der Waals surface area (Å²) in [6.07, 6.45) is 3.97. The molecule has 0 saturated heterocycles. The van der Waals surface area contributed by atoms with Gasteiger partial charge in [-0.3, -0.25) is 0 Å². The van der Waals surface area contributed by atoms with Gasteiger partial charge in [-0.05, 0) is 0 Å². The summed E-state index contributed by atoms with van der Waals surface area (Å²) in [6.45, 7) is 3.26. The number of hydrogen-bond acceptors (Lipinski definition) is 5. The van der Waals surface area contributed by atoms with Crippen molar-refractivity contribution in [2.45, 2.75) is 0 Å². The zero-order valence-electron chi connectivity index (χ0n) is 7.10. The van der Waals surface area contributed by atoms with Gasteiger partial charge in [0.15, 0.2) is 5.65 Å². The van der Waals surface area contributed by atoms with Crippen LogP contribution in [0.4, 0.5) is 0 Å². The average molecular weight is 190 g/mol. The van der Waals surface area contributed by atoms with Crippen molar-refractivity contribution in [1.82, 2.24) is 19.9 Å². The summed E-state index contributed by atoms with van der Waals surface area (Å²) >= 11 is 0. The number of imidazole rings is 1. The summed E-state index contributed by atoms with van der Waals surface area (Å²) in [6, 6.07) is 0. The van der Waals surface area contributed by atoms with Gasteiger partial charge in [-0.25, -0.2) is 19.7 Å². The number of aromatic amines is 1. The predicted octanol–water partition coefficient (Wildman–Crippen LogP) is 0.653. The van der Waals surface area contributed by atoms with Gasteiger partial charge in [0, 0.05) is 0 Å². The number of esters is 1. The molecule has 1 N–H and O–H groups in total. The number of carbonyl (C=O) groups excluding carboxylic acids is 1. The first-order valence-electron chi connectivity index (χ1n) is 3.79. The van der Waals surface area contributed by atoms with E-state index in [4.69, 9.17) is 0 Å². The number of H-pyrrole nitrogens is 1. The molecular formula is C8H6N4O2. The van der Waals surface area contributed by atoms with Crippen LogP contribution in [0.1, 0.15) is 10.6 Å². The summed E-state index contributed by atoms with van der Waals surface area (Å²) in [5, 5.41) is 0. The van der Waals surface area contributed by atoms with Gasteiger partial charge in [0.2, 0.25) is 5.82 Å². The Morgan fingerprint density at radius 3 is 3.21 bits per heavy atom. The molecular weight excluding hydrogens is 184 g/mol. The molecule has 2 aromatic heterocycles. The maximum atomic E-state index is 11.2. The topological polar surface area (TPSA) is 80.8 Å². The van der Waals surface area contributed by atoms with Crippen LogP contribution in [0.3, 0.4) is 0 Å². The fraction of sp³-hybridized carbons (Fsp3) is 0. The molecule has 0 aliphatic heterocycles. The van der Waals surface area contributed by atoms with E-state index in [2.05, 4.69) is 31.3 Å². The van der Waals surface area contributed by atoms with Crippen LogP contribution < -0.4 is 0 Å². The number of carbonyl (C=O) groups is 1. The number of hydrogen-bond donors (Lipinski definition) is 1. The van der Waals surface area contributed by atoms with Crippen LogP contribution in [0.15, 0.2) is 25.4 Å². The van der Waals surface area contributed by atoms with E-state index in [1.807, 2.05) is 0 Å². The van der Waals surface area contributed by atoms with Gasteiger partial charge in [0.25, 0.3) is 0 Å². The summed E-state index contributed by atoms with van der Waals surface area (Å²) in [5.41, 5.74) is 1.09. The zero-order chi connectivity index (χ0) is 9.97. The Morgan fingerprint density at radius 2 is 2.43 bits per heavy atom. The molecule has 0 bridgehead atoms. The number of rotatable bonds is 2. The van der Waals surface area contributed by atoms with Crippen LogP contribution in [0, 0.1) is 0 Å². The SMILES string of the molecule is C=COC(=O)c1ncc2[nH]cnc2n1. The number of nitrogens with zero attached hydrogens (tertiary/aromatic N) is 3. The maximum Gasteiger partial charge on any atom is 0.381 e. The lowest BCUT2D eigenvalue weighted by atomic mass is 10.5. The van der Waals surface area contributed by atoms with Gasteiger partial charge in [-0.15, -0.1) is 0 Å². The van der Waals surface area contributed by atoms with E-state index in [-0.39, 0.29) is 5.82 Å². The first-order valence-corrected chi connectivity index (χ1v) is 3.79. The second kappa shape index (κ2) is 3.25. The molecule has 6 heteroatoms. The van der Waals surface area contributed by atoms with Gasteiger partial charge in [-0.2, -0.15) is 0 Å². The van der Waals surface area contributed by atoms with Crippen molar-refractivity contribution in [3.05, 3.63) is 31.2 Å². The maximum absolute atomic E-state index is 11.2. The van der Waals surface area contributed by atoms with Crippen molar-refractivity contribution < 1.29 is 9.53 Å². The molecule has 0 atom stereocenters. The third kappa shape index (κ3) is 1.33. The highest BCUT2D eigenvalue weighted by molar-refractivity contribution is 5.87. The summed E-state index contributed by atoms with van der Waals surface area (Å²) < 4.78 is 4.52. The van der Waals surface area contributed by atoms with Gasteiger partial charge < -0.3 is 9.72 Å². The minimum Gasteiger partial charge on any atom is -0.429 e. The highest BCUT2D eigenvalue weighted by atomic mass is 16.5. The molecule has 14 heavy (non-hydrogen) atoms. The normalized spacial score (nSPS) is 10.0. The number of nitrogens with one attached hydrogen (secondary N) is 1. The first-order chi connectivity index (χ1) is 6.81. The Morgan fingerprint density at radius 1 is 1.57 bits per heavy atom. The molecule has 0 unspecified atom stereocenters. The van der Waals surface area contributed by atoms with Gasteiger partial charge >= 0.3 is 5.97 Å². The number of fused-ring (bicyclic) bond motifs is 1. The molecule has 6 nitrogen and oxygen atoms in total. The summed E-state index contributed by atoms with van der Waals surface area (Å²) in [5.74, 6) is -0.686. The molecule has 0 aromatic carbocycles. The van der Waals surface area contributed by atoms with Crippen LogP contribution in [-0.2, 0) is 4.74 Å². The van der Waals surface area contributed by atoms with Crippen LogP contribution in [0.25, 0.3) is 11.2 Å². The third-order valence-electron chi connectivity index (χ3n) is 1.55. The fourth-order valence-corrected chi connectivity index (χ4v) is 0.963. The molecule has 2 rings (SSSR count). The van der Waals surface area contributed by atoms with Crippen LogP contribution in [0.2, 0.25) is 0 Å². The molecule has 0 saturated carbocycles. The second-order valence-electron chi connectivity index (χ2n) is 2.41. The smallest absolute Gasteiger partial charge is 0.381 e. The average Bonchev–Trinajstić information content (AvgIpc) is 2.64. The van der Waals surface area contributed by atoms with E-state index < -0.39 is 5.97 Å². The highest BCUT2D eigenvalue weighted by Crippen LogP contribution is 2.04. The minimum absolute atomic E-state index is 0.0375. The van der Waals surface area contributed by atoms with Crippen molar-refractivity contribution >= 4 is 17.1 Å². The standard InChI is InChI=1S/C8H6N4O2/c1-2-14-8(13)7-9-3-5-6(12-7)11-4-10-5/h2-4H,1H2,(H,9,10,11,12). The molecule has 2 aromatic rings. The Labute approximate surface area is 78.7 Å². The fourth-order valence-electron chi connectivity index (χ4n) is 0.963. The van der Waals surface area contributed by atoms with E-state index >= 15 is 0 Å². The Hall–Kier alpha value is -2.24. The lowest BCUT2D eigenvalue weighted by Crippen LogP contribution is -2.06. The van der Waals surface area contributed by atoms with Crippen LogP contribution >= 0.6 is 0 Å². The number of ether oxygens (including phenoxy) is 1. The Kier molecular flexibility index (Phi) is 1.94. The molecule has 0 fully saturated rings. The van der Waals surface area contributed by atoms with Crippen LogP contribution in [0.5, 0.6) is 0 Å². The van der Waals surface area contributed by atoms with Gasteiger partial charge in [0.1, 0.15) is 5.52 Å². The largest absolute Gasteiger partial charge is 0.429 e. The van der Waals surface area contributed by atoms with Crippen LogP contribution in [-0.4, -0.2) is 25.9 Å². The van der Waals surface area contributed by atoms with Crippen molar-refractivity contribution in [3.8, 4) is 0 Å². The highest BCUT2D eigenvalue weighted by Gasteiger charge is 2.10. The molecule has 0 spiro atoms. The molecule has 70 valence electrons. The molecule has 0 aliphatic rings. The molecule has 0 aliphatic carbocycles. The lowest BCUT2D eigenvalue weighted by Gasteiger charge is -1.95. The van der Waals surface area contributed by atoms with Crippen molar-refractivity contribution in [2.24, 2.45) is 0 Å². The van der Waals surface area contributed by atoms with E-state index in [1.165, 1.54) is 12.5 Å². The summed E-state index contributed by atoms with van der Waals surface area (Å²) in [7, 11) is 0. The minimum atomic E-state index is -0.648. The van der Waals surface area contributed by atoms with Gasteiger partial charge in [-0.1, -0.05) is 6.58 Å². The molecule has 2 heterocycles. The van der Waals surface area contributed by atoms with E-state index in [0.717, 1.165) is 6.26 Å². The quantitative estimate of drug-likeness (QED) is 0.555. The van der Waals surface area contributed by atoms with E-state index in [9.17, 15) is 4.79 Å². The Bertz CT molecular complexity index is 491. The van der Waals surface area contributed by atoms with Gasteiger partial charge in [0.05, 0.1) is 18.8 Å². The lowest BCUT2D eigenvalue weighted by molar-refractivity contribution is 0.0651. The van der Waals surface area contributed by atoms with Crippen molar-refractivity contribution in [3.63, 3.8) is 0 Å². The number of aromatic nitrogens is 4. The van der Waals surface area contributed by atoms with E-state index in [0.29, 0.717) is 11.2 Å². The Balaban J connectivity index is 2.43. The molecule has 0 amide bonds. The first kappa shape index (κ1) is 8.36.